The normalized spacial score (nSPS) is 11.7. The molecule has 0 aliphatic carbocycles. The van der Waals surface area contributed by atoms with Crippen LogP contribution in [-0.2, 0) is 0 Å². The number of hydrogen-bond donors (Lipinski definition) is 0. The highest BCUT2D eigenvalue weighted by atomic mass is 35.5. The summed E-state index contributed by atoms with van der Waals surface area (Å²) in [6.45, 7) is 4.01. The van der Waals surface area contributed by atoms with E-state index in [0.29, 0.717) is 11.8 Å². The van der Waals surface area contributed by atoms with Crippen LogP contribution in [0.15, 0.2) is 11.6 Å². The highest BCUT2D eigenvalue weighted by Gasteiger charge is 1.98. The van der Waals surface area contributed by atoms with E-state index >= 15 is 0 Å². The van der Waals surface area contributed by atoms with Gasteiger partial charge < -0.3 is 0 Å². The van der Waals surface area contributed by atoms with Crippen LogP contribution in [0.4, 0.5) is 0 Å². The zero-order chi connectivity index (χ0) is 7.98. The Hall–Kier alpha value is -0.480. The van der Waals surface area contributed by atoms with Gasteiger partial charge in [-0.1, -0.05) is 19.9 Å². The van der Waals surface area contributed by atoms with Gasteiger partial charge in [-0.2, -0.15) is 5.26 Å². The van der Waals surface area contributed by atoms with Crippen LogP contribution in [0.25, 0.3) is 0 Å². The molecule has 0 saturated carbocycles. The average molecular weight is 158 g/mol. The molecule has 0 saturated heterocycles. The number of hydrogen-bond acceptors (Lipinski definition) is 1. The van der Waals surface area contributed by atoms with Crippen molar-refractivity contribution in [2.45, 2.75) is 20.3 Å². The Morgan fingerprint density at radius 1 is 1.70 bits per heavy atom. The van der Waals surface area contributed by atoms with Crippen LogP contribution < -0.4 is 0 Å². The summed E-state index contributed by atoms with van der Waals surface area (Å²) in [6, 6.07) is 2.14. The van der Waals surface area contributed by atoms with Gasteiger partial charge in [0, 0.05) is 11.5 Å². The minimum absolute atomic E-state index is 0.327. The summed E-state index contributed by atoms with van der Waals surface area (Å²) in [5, 5.41) is 8.56. The van der Waals surface area contributed by atoms with E-state index in [1.54, 1.807) is 0 Å². The van der Waals surface area contributed by atoms with E-state index in [1.807, 2.05) is 19.9 Å². The van der Waals surface area contributed by atoms with E-state index in [-0.39, 0.29) is 0 Å². The molecule has 0 aliphatic rings. The van der Waals surface area contributed by atoms with E-state index in [2.05, 4.69) is 6.07 Å². The number of rotatable bonds is 3. The minimum atomic E-state index is 0.327. The molecule has 0 fully saturated rings. The molecule has 0 heterocycles. The topological polar surface area (TPSA) is 23.8 Å². The van der Waals surface area contributed by atoms with Gasteiger partial charge in [-0.05, 0) is 12.3 Å². The third kappa shape index (κ3) is 3.53. The van der Waals surface area contributed by atoms with Gasteiger partial charge in [0.05, 0.1) is 6.07 Å². The Balaban J connectivity index is 3.95. The van der Waals surface area contributed by atoms with Crippen molar-refractivity contribution in [3.63, 3.8) is 0 Å². The van der Waals surface area contributed by atoms with Crippen molar-refractivity contribution in [2.75, 3.05) is 5.88 Å². The molecular weight excluding hydrogens is 146 g/mol. The first-order valence-electron chi connectivity index (χ1n) is 3.38. The Labute approximate surface area is 67.3 Å². The fraction of sp³-hybridized carbons (Fsp3) is 0.625. The van der Waals surface area contributed by atoms with E-state index in [9.17, 15) is 0 Å². The fourth-order valence-electron chi connectivity index (χ4n) is 0.621. The van der Waals surface area contributed by atoms with Gasteiger partial charge in [0.1, 0.15) is 0 Å². The summed E-state index contributed by atoms with van der Waals surface area (Å²) >= 11 is 5.45. The van der Waals surface area contributed by atoms with Gasteiger partial charge in [0.2, 0.25) is 0 Å². The first-order chi connectivity index (χ1) is 4.72. The second kappa shape index (κ2) is 5.32. The number of nitriles is 1. The standard InChI is InChI=1S/C8H12ClN/c1-7(2)8(6-10)4-3-5-9/h4,7H,3,5H2,1-2H3/b8-4+. The quantitative estimate of drug-likeness (QED) is 0.457. The monoisotopic (exact) mass is 157 g/mol. The summed E-state index contributed by atoms with van der Waals surface area (Å²) < 4.78 is 0. The molecule has 0 aromatic rings. The molecule has 0 N–H and O–H groups in total. The number of allylic oxidation sites excluding steroid dienone is 2. The van der Waals surface area contributed by atoms with Gasteiger partial charge >= 0.3 is 0 Å². The lowest BCUT2D eigenvalue weighted by atomic mass is 10.0. The fourth-order valence-corrected chi connectivity index (χ4v) is 0.730. The largest absolute Gasteiger partial charge is 0.193 e. The van der Waals surface area contributed by atoms with Crippen LogP contribution in [-0.4, -0.2) is 5.88 Å². The predicted octanol–water partition coefficient (Wildman–Crippen LogP) is 2.72. The molecule has 0 aromatic heterocycles. The van der Waals surface area contributed by atoms with E-state index in [1.165, 1.54) is 0 Å². The number of halogens is 1. The molecule has 1 nitrogen and oxygen atoms in total. The third-order valence-electron chi connectivity index (χ3n) is 1.22. The van der Waals surface area contributed by atoms with Crippen LogP contribution in [0.1, 0.15) is 20.3 Å². The second-order valence-corrected chi connectivity index (χ2v) is 2.78. The first-order valence-corrected chi connectivity index (χ1v) is 3.92. The Morgan fingerprint density at radius 3 is 2.60 bits per heavy atom. The minimum Gasteiger partial charge on any atom is -0.193 e. The molecule has 0 aromatic carbocycles. The zero-order valence-corrected chi connectivity index (χ0v) is 7.15. The maximum atomic E-state index is 8.56. The molecule has 0 aliphatic heterocycles. The molecule has 56 valence electrons. The molecule has 0 unspecified atom stereocenters. The highest BCUT2D eigenvalue weighted by Crippen LogP contribution is 2.08. The summed E-state index contributed by atoms with van der Waals surface area (Å²) in [6.07, 6.45) is 2.69. The molecule has 0 atom stereocenters. The van der Waals surface area contributed by atoms with Gasteiger partial charge in [-0.25, -0.2) is 0 Å². The number of alkyl halides is 1. The first kappa shape index (κ1) is 9.52. The SMILES string of the molecule is CC(C)/C(C#N)=C/CCCl. The Kier molecular flexibility index (Phi) is 5.06. The predicted molar refractivity (Wildman–Crippen MR) is 43.9 cm³/mol. The molecule has 0 radical (unpaired) electrons. The van der Waals surface area contributed by atoms with E-state index in [0.717, 1.165) is 12.0 Å². The zero-order valence-electron chi connectivity index (χ0n) is 6.39. The summed E-state index contributed by atoms with van der Waals surface area (Å²) in [5.41, 5.74) is 0.834. The molecule has 2 heteroatoms. The summed E-state index contributed by atoms with van der Waals surface area (Å²) in [5.74, 6) is 0.922. The molecule has 0 bridgehead atoms. The van der Waals surface area contributed by atoms with Gasteiger partial charge in [-0.3, -0.25) is 0 Å². The van der Waals surface area contributed by atoms with Crippen molar-refractivity contribution in [2.24, 2.45) is 5.92 Å². The van der Waals surface area contributed by atoms with Gasteiger partial charge in [0.15, 0.2) is 0 Å². The van der Waals surface area contributed by atoms with Gasteiger partial charge in [-0.15, -0.1) is 11.6 Å². The Bertz CT molecular complexity index is 153. The van der Waals surface area contributed by atoms with Crippen LogP contribution in [0, 0.1) is 17.2 Å². The second-order valence-electron chi connectivity index (χ2n) is 2.40. The maximum absolute atomic E-state index is 8.56. The highest BCUT2D eigenvalue weighted by molar-refractivity contribution is 6.17. The van der Waals surface area contributed by atoms with Crippen molar-refractivity contribution >= 4 is 11.6 Å². The molecule has 10 heavy (non-hydrogen) atoms. The van der Waals surface area contributed by atoms with Crippen molar-refractivity contribution in [1.82, 2.24) is 0 Å². The molecule has 0 amide bonds. The van der Waals surface area contributed by atoms with Crippen LogP contribution >= 0.6 is 11.6 Å². The average Bonchev–Trinajstić information content (AvgIpc) is 1.89. The van der Waals surface area contributed by atoms with E-state index in [4.69, 9.17) is 16.9 Å². The smallest absolute Gasteiger partial charge is 0.0946 e. The van der Waals surface area contributed by atoms with Crippen molar-refractivity contribution in [3.05, 3.63) is 11.6 Å². The lowest BCUT2D eigenvalue weighted by Gasteiger charge is -1.99. The van der Waals surface area contributed by atoms with Crippen LogP contribution in [0.2, 0.25) is 0 Å². The van der Waals surface area contributed by atoms with Crippen LogP contribution in [0.5, 0.6) is 0 Å². The molecule has 0 spiro atoms. The van der Waals surface area contributed by atoms with Crippen molar-refractivity contribution < 1.29 is 0 Å². The maximum Gasteiger partial charge on any atom is 0.0946 e. The molecule has 0 rings (SSSR count). The lowest BCUT2D eigenvalue weighted by Crippen LogP contribution is -1.90. The van der Waals surface area contributed by atoms with Crippen molar-refractivity contribution in [1.29, 1.82) is 5.26 Å². The summed E-state index contributed by atoms with van der Waals surface area (Å²) in [7, 11) is 0. The lowest BCUT2D eigenvalue weighted by molar-refractivity contribution is 0.789. The van der Waals surface area contributed by atoms with Crippen LogP contribution in [0.3, 0.4) is 0 Å². The Morgan fingerprint density at radius 2 is 2.30 bits per heavy atom. The third-order valence-corrected chi connectivity index (χ3v) is 1.44. The van der Waals surface area contributed by atoms with Gasteiger partial charge in [0.25, 0.3) is 0 Å². The number of nitrogens with zero attached hydrogens (tertiary/aromatic N) is 1. The van der Waals surface area contributed by atoms with E-state index < -0.39 is 0 Å². The summed E-state index contributed by atoms with van der Waals surface area (Å²) in [4.78, 5) is 0. The molecular formula is C8H12ClN. The van der Waals surface area contributed by atoms with Crippen molar-refractivity contribution in [3.8, 4) is 6.07 Å².